The summed E-state index contributed by atoms with van der Waals surface area (Å²) in [5, 5.41) is 0. The molecule has 2 aromatic carbocycles. The zero-order valence-electron chi connectivity index (χ0n) is 10.6. The van der Waals surface area contributed by atoms with Crippen LogP contribution in [0.1, 0.15) is 34.8 Å². The minimum atomic E-state index is -0.828. The highest BCUT2D eigenvalue weighted by Crippen LogP contribution is 2.18. The monoisotopic (exact) mass is 260 g/mol. The van der Waals surface area contributed by atoms with E-state index in [4.69, 9.17) is 0 Å². The topological polar surface area (TPSA) is 17.1 Å². The summed E-state index contributed by atoms with van der Waals surface area (Å²) in [6.45, 7) is 2.03. The van der Waals surface area contributed by atoms with Crippen LogP contribution in [0, 0.1) is 11.6 Å². The van der Waals surface area contributed by atoms with Gasteiger partial charge < -0.3 is 0 Å². The zero-order valence-corrected chi connectivity index (χ0v) is 10.6. The smallest absolute Gasteiger partial charge is 0.198 e. The summed E-state index contributed by atoms with van der Waals surface area (Å²) >= 11 is 0. The number of carbonyl (C=O) groups excluding carboxylic acids is 1. The van der Waals surface area contributed by atoms with Gasteiger partial charge >= 0.3 is 0 Å². The Labute approximate surface area is 110 Å². The van der Waals surface area contributed by atoms with E-state index in [0.717, 1.165) is 30.5 Å². The van der Waals surface area contributed by atoms with E-state index in [2.05, 4.69) is 0 Å². The molecule has 0 N–H and O–H groups in total. The Morgan fingerprint density at radius 1 is 1.05 bits per heavy atom. The zero-order chi connectivity index (χ0) is 13.8. The first kappa shape index (κ1) is 13.4. The SMILES string of the molecule is CCCc1cccc(C(=O)c2c(F)cccc2F)c1. The standard InChI is InChI=1S/C16H14F2O/c1-2-5-11-6-3-7-12(10-11)16(19)15-13(17)8-4-9-14(15)18/h3-4,6-10H,2,5H2,1H3. The van der Waals surface area contributed by atoms with E-state index in [1.165, 1.54) is 6.07 Å². The van der Waals surface area contributed by atoms with Crippen molar-refractivity contribution in [1.82, 2.24) is 0 Å². The minimum absolute atomic E-state index is 0.315. The van der Waals surface area contributed by atoms with Gasteiger partial charge in [-0.05, 0) is 30.2 Å². The first-order chi connectivity index (χ1) is 9.13. The quantitative estimate of drug-likeness (QED) is 0.755. The Morgan fingerprint density at radius 2 is 1.68 bits per heavy atom. The average molecular weight is 260 g/mol. The van der Waals surface area contributed by atoms with Gasteiger partial charge in [0.25, 0.3) is 0 Å². The van der Waals surface area contributed by atoms with E-state index in [1.807, 2.05) is 13.0 Å². The van der Waals surface area contributed by atoms with Crippen LogP contribution in [0.25, 0.3) is 0 Å². The Kier molecular flexibility index (Phi) is 4.05. The van der Waals surface area contributed by atoms with E-state index in [0.29, 0.717) is 5.56 Å². The van der Waals surface area contributed by atoms with Gasteiger partial charge in [-0.25, -0.2) is 8.78 Å². The molecule has 0 radical (unpaired) electrons. The highest BCUT2D eigenvalue weighted by atomic mass is 19.1. The summed E-state index contributed by atoms with van der Waals surface area (Å²) in [5.41, 5.74) is 0.816. The first-order valence-corrected chi connectivity index (χ1v) is 6.21. The molecule has 0 saturated carbocycles. The third-order valence-electron chi connectivity index (χ3n) is 2.92. The Hall–Kier alpha value is -2.03. The van der Waals surface area contributed by atoms with Gasteiger partial charge in [0, 0.05) is 5.56 Å². The van der Waals surface area contributed by atoms with Crippen LogP contribution in [0.4, 0.5) is 8.78 Å². The summed E-state index contributed by atoms with van der Waals surface area (Å²) < 4.78 is 27.1. The van der Waals surface area contributed by atoms with Gasteiger partial charge in [0.15, 0.2) is 5.78 Å². The summed E-state index contributed by atoms with van der Waals surface area (Å²) in [7, 11) is 0. The van der Waals surface area contributed by atoms with Gasteiger partial charge in [0.2, 0.25) is 0 Å². The fraction of sp³-hybridized carbons (Fsp3) is 0.188. The Morgan fingerprint density at radius 3 is 2.32 bits per heavy atom. The van der Waals surface area contributed by atoms with Crippen molar-refractivity contribution in [2.24, 2.45) is 0 Å². The number of benzene rings is 2. The Balaban J connectivity index is 2.41. The van der Waals surface area contributed by atoms with Crippen molar-refractivity contribution in [3.8, 4) is 0 Å². The minimum Gasteiger partial charge on any atom is -0.288 e. The third kappa shape index (κ3) is 2.87. The molecule has 2 aromatic rings. The molecule has 0 aliphatic heterocycles. The van der Waals surface area contributed by atoms with E-state index < -0.39 is 23.0 Å². The van der Waals surface area contributed by atoms with Gasteiger partial charge in [-0.1, -0.05) is 37.6 Å². The molecule has 0 amide bonds. The van der Waals surface area contributed by atoms with Crippen LogP contribution >= 0.6 is 0 Å². The number of hydrogen-bond acceptors (Lipinski definition) is 1. The predicted molar refractivity (Wildman–Crippen MR) is 70.2 cm³/mol. The molecule has 0 aliphatic carbocycles. The van der Waals surface area contributed by atoms with E-state index in [-0.39, 0.29) is 0 Å². The van der Waals surface area contributed by atoms with Crippen molar-refractivity contribution in [2.45, 2.75) is 19.8 Å². The number of aryl methyl sites for hydroxylation is 1. The van der Waals surface area contributed by atoms with Crippen LogP contribution in [0.15, 0.2) is 42.5 Å². The molecule has 0 aliphatic rings. The lowest BCUT2D eigenvalue weighted by Crippen LogP contribution is -2.07. The summed E-state index contributed by atoms with van der Waals surface area (Å²) in [6, 6.07) is 10.3. The largest absolute Gasteiger partial charge is 0.288 e. The molecular formula is C16H14F2O. The molecule has 0 saturated heterocycles. The molecule has 2 rings (SSSR count). The van der Waals surface area contributed by atoms with E-state index >= 15 is 0 Å². The van der Waals surface area contributed by atoms with Crippen LogP contribution in [0.3, 0.4) is 0 Å². The van der Waals surface area contributed by atoms with Crippen LogP contribution in [0.2, 0.25) is 0 Å². The first-order valence-electron chi connectivity index (χ1n) is 6.21. The van der Waals surface area contributed by atoms with Gasteiger partial charge in [-0.3, -0.25) is 4.79 Å². The van der Waals surface area contributed by atoms with Crippen LogP contribution in [-0.2, 0) is 6.42 Å². The number of ketones is 1. The van der Waals surface area contributed by atoms with Crippen molar-refractivity contribution < 1.29 is 13.6 Å². The average Bonchev–Trinajstić information content (AvgIpc) is 2.39. The summed E-state index contributed by atoms with van der Waals surface area (Å²) in [6.07, 6.45) is 1.78. The number of carbonyl (C=O) groups is 1. The fourth-order valence-electron chi connectivity index (χ4n) is 2.02. The molecule has 0 spiro atoms. The maximum atomic E-state index is 13.6. The maximum absolute atomic E-state index is 13.6. The summed E-state index contributed by atoms with van der Waals surface area (Å²) in [4.78, 5) is 12.2. The molecule has 3 heteroatoms. The van der Waals surface area contributed by atoms with Crippen molar-refractivity contribution in [3.63, 3.8) is 0 Å². The van der Waals surface area contributed by atoms with Crippen molar-refractivity contribution in [2.75, 3.05) is 0 Å². The van der Waals surface area contributed by atoms with Crippen molar-refractivity contribution in [3.05, 3.63) is 70.8 Å². The molecule has 0 heterocycles. The molecular weight excluding hydrogens is 246 g/mol. The van der Waals surface area contributed by atoms with Crippen molar-refractivity contribution >= 4 is 5.78 Å². The fourth-order valence-corrected chi connectivity index (χ4v) is 2.02. The van der Waals surface area contributed by atoms with Crippen LogP contribution < -0.4 is 0 Å². The van der Waals surface area contributed by atoms with Gasteiger partial charge in [-0.2, -0.15) is 0 Å². The van der Waals surface area contributed by atoms with E-state index in [9.17, 15) is 13.6 Å². The maximum Gasteiger partial charge on any atom is 0.198 e. The van der Waals surface area contributed by atoms with Gasteiger partial charge in [0.05, 0.1) is 5.56 Å². The second-order valence-corrected chi connectivity index (χ2v) is 4.38. The summed E-state index contributed by atoms with van der Waals surface area (Å²) in [5.74, 6) is -2.27. The predicted octanol–water partition coefficient (Wildman–Crippen LogP) is 4.15. The molecule has 98 valence electrons. The Bertz CT molecular complexity index is 585. The molecule has 19 heavy (non-hydrogen) atoms. The molecule has 0 fully saturated rings. The normalized spacial score (nSPS) is 10.5. The van der Waals surface area contributed by atoms with Crippen molar-refractivity contribution in [1.29, 1.82) is 0 Å². The molecule has 0 aromatic heterocycles. The van der Waals surface area contributed by atoms with Crippen LogP contribution in [0.5, 0.6) is 0 Å². The molecule has 1 nitrogen and oxygen atoms in total. The second-order valence-electron chi connectivity index (χ2n) is 4.38. The second kappa shape index (κ2) is 5.74. The van der Waals surface area contributed by atoms with Gasteiger partial charge in [-0.15, -0.1) is 0 Å². The lowest BCUT2D eigenvalue weighted by atomic mass is 9.99. The molecule has 0 atom stereocenters. The molecule has 0 bridgehead atoms. The molecule has 0 unspecified atom stereocenters. The van der Waals surface area contributed by atoms with Gasteiger partial charge in [0.1, 0.15) is 11.6 Å². The third-order valence-corrected chi connectivity index (χ3v) is 2.92. The highest BCUT2D eigenvalue weighted by Gasteiger charge is 2.18. The van der Waals surface area contributed by atoms with E-state index in [1.54, 1.807) is 18.2 Å². The van der Waals surface area contributed by atoms with Crippen LogP contribution in [-0.4, -0.2) is 5.78 Å². The number of rotatable bonds is 4. The number of hydrogen-bond donors (Lipinski definition) is 0. The number of halogens is 2. The lowest BCUT2D eigenvalue weighted by molar-refractivity contribution is 0.103. The highest BCUT2D eigenvalue weighted by molar-refractivity contribution is 6.09. The lowest BCUT2D eigenvalue weighted by Gasteiger charge is -2.06.